The smallest absolute Gasteiger partial charge is 0.303 e. The average Bonchev–Trinajstić information content (AvgIpc) is 2.41. The summed E-state index contributed by atoms with van der Waals surface area (Å²) < 4.78 is 5.57. The largest absolute Gasteiger partial charge is 0.481 e. The summed E-state index contributed by atoms with van der Waals surface area (Å²) in [6, 6.07) is 0. The van der Waals surface area contributed by atoms with Gasteiger partial charge in [-0.3, -0.25) is 9.59 Å². The van der Waals surface area contributed by atoms with Crippen LogP contribution in [0.3, 0.4) is 0 Å². The van der Waals surface area contributed by atoms with Crippen LogP contribution in [-0.4, -0.2) is 36.2 Å². The lowest BCUT2D eigenvalue weighted by Crippen LogP contribution is -2.30. The van der Waals surface area contributed by atoms with E-state index in [4.69, 9.17) is 9.84 Å². The minimum Gasteiger partial charge on any atom is -0.481 e. The third kappa shape index (κ3) is 7.82. The number of rotatable bonds is 8. The number of amides is 1. The number of carboxylic acid groups (broad SMARTS) is 1. The van der Waals surface area contributed by atoms with Gasteiger partial charge in [0.1, 0.15) is 0 Å². The van der Waals surface area contributed by atoms with Crippen LogP contribution >= 0.6 is 0 Å². The molecule has 1 fully saturated rings. The predicted octanol–water partition coefficient (Wildman–Crippen LogP) is 1.95. The van der Waals surface area contributed by atoms with Crippen molar-refractivity contribution in [1.29, 1.82) is 0 Å². The fourth-order valence-corrected chi connectivity index (χ4v) is 2.18. The Balaban J connectivity index is 2.05. The van der Waals surface area contributed by atoms with Gasteiger partial charge in [-0.1, -0.05) is 6.92 Å². The molecule has 0 spiro atoms. The van der Waals surface area contributed by atoms with Crippen molar-refractivity contribution in [1.82, 2.24) is 5.32 Å². The molecule has 2 unspecified atom stereocenters. The van der Waals surface area contributed by atoms with Crippen molar-refractivity contribution >= 4 is 11.9 Å². The molecule has 2 atom stereocenters. The lowest BCUT2D eigenvalue weighted by molar-refractivity contribution is -0.137. The quantitative estimate of drug-likeness (QED) is 0.707. The van der Waals surface area contributed by atoms with Crippen molar-refractivity contribution in [3.05, 3.63) is 0 Å². The lowest BCUT2D eigenvalue weighted by atomic mass is 10.0. The van der Waals surface area contributed by atoms with E-state index in [1.165, 1.54) is 6.42 Å². The maximum absolute atomic E-state index is 11.6. The second kappa shape index (κ2) is 8.91. The molecular weight excluding hydrogens is 246 g/mol. The Labute approximate surface area is 114 Å². The molecule has 5 heteroatoms. The summed E-state index contributed by atoms with van der Waals surface area (Å²) in [6.45, 7) is 3.32. The second-order valence-electron chi connectivity index (χ2n) is 5.37. The van der Waals surface area contributed by atoms with Gasteiger partial charge < -0.3 is 15.2 Å². The first-order chi connectivity index (χ1) is 9.08. The van der Waals surface area contributed by atoms with Crippen LogP contribution < -0.4 is 5.32 Å². The zero-order valence-corrected chi connectivity index (χ0v) is 11.7. The molecule has 19 heavy (non-hydrogen) atoms. The minimum atomic E-state index is -0.785. The molecule has 0 bridgehead atoms. The van der Waals surface area contributed by atoms with E-state index in [2.05, 4.69) is 5.32 Å². The molecule has 0 radical (unpaired) electrons. The molecule has 110 valence electrons. The zero-order chi connectivity index (χ0) is 14.1. The number of nitrogens with one attached hydrogen (secondary N) is 1. The van der Waals surface area contributed by atoms with E-state index in [-0.39, 0.29) is 24.3 Å². The number of aliphatic carboxylic acids is 1. The van der Waals surface area contributed by atoms with Gasteiger partial charge in [0.25, 0.3) is 0 Å². The molecule has 1 aliphatic rings. The van der Waals surface area contributed by atoms with Gasteiger partial charge in [0.05, 0.1) is 6.10 Å². The van der Waals surface area contributed by atoms with Crippen LogP contribution in [0.1, 0.15) is 51.9 Å². The van der Waals surface area contributed by atoms with Gasteiger partial charge >= 0.3 is 5.97 Å². The highest BCUT2D eigenvalue weighted by molar-refractivity contribution is 5.75. The Morgan fingerprint density at radius 1 is 1.37 bits per heavy atom. The highest BCUT2D eigenvalue weighted by atomic mass is 16.5. The summed E-state index contributed by atoms with van der Waals surface area (Å²) in [5, 5.41) is 11.4. The van der Waals surface area contributed by atoms with E-state index in [1.54, 1.807) is 0 Å². The third-order valence-electron chi connectivity index (χ3n) is 3.47. The maximum atomic E-state index is 11.6. The Morgan fingerprint density at radius 3 is 2.79 bits per heavy atom. The first-order valence-corrected chi connectivity index (χ1v) is 7.18. The molecule has 1 rings (SSSR count). The van der Waals surface area contributed by atoms with Crippen LogP contribution in [-0.2, 0) is 14.3 Å². The molecule has 1 saturated heterocycles. The van der Waals surface area contributed by atoms with E-state index in [1.807, 2.05) is 6.92 Å². The van der Waals surface area contributed by atoms with Crippen LogP contribution in [0.2, 0.25) is 0 Å². The lowest BCUT2D eigenvalue weighted by Gasteiger charge is -2.22. The van der Waals surface area contributed by atoms with E-state index in [0.717, 1.165) is 25.9 Å². The van der Waals surface area contributed by atoms with E-state index in [0.29, 0.717) is 19.4 Å². The molecule has 0 aromatic heterocycles. The molecule has 1 heterocycles. The Morgan fingerprint density at radius 2 is 2.16 bits per heavy atom. The molecule has 0 aliphatic carbocycles. The van der Waals surface area contributed by atoms with Crippen molar-refractivity contribution in [3.63, 3.8) is 0 Å². The molecule has 0 aromatic rings. The third-order valence-corrected chi connectivity index (χ3v) is 3.47. The summed E-state index contributed by atoms with van der Waals surface area (Å²) in [7, 11) is 0. The second-order valence-corrected chi connectivity index (χ2v) is 5.37. The van der Waals surface area contributed by atoms with E-state index in [9.17, 15) is 9.59 Å². The van der Waals surface area contributed by atoms with Crippen LogP contribution in [0.25, 0.3) is 0 Å². The van der Waals surface area contributed by atoms with Crippen LogP contribution in [0.5, 0.6) is 0 Å². The van der Waals surface area contributed by atoms with E-state index >= 15 is 0 Å². The van der Waals surface area contributed by atoms with E-state index < -0.39 is 5.97 Å². The predicted molar refractivity (Wildman–Crippen MR) is 71.9 cm³/mol. The van der Waals surface area contributed by atoms with Crippen molar-refractivity contribution in [2.75, 3.05) is 13.2 Å². The molecule has 2 N–H and O–H groups in total. The average molecular weight is 271 g/mol. The van der Waals surface area contributed by atoms with Crippen LogP contribution in [0.15, 0.2) is 0 Å². The molecule has 0 saturated carbocycles. The number of carbonyl (C=O) groups excluding carboxylic acids is 1. The van der Waals surface area contributed by atoms with Gasteiger partial charge in [0.2, 0.25) is 5.91 Å². The summed E-state index contributed by atoms with van der Waals surface area (Å²) in [5.74, 6) is -0.546. The van der Waals surface area contributed by atoms with Crippen LogP contribution in [0, 0.1) is 5.92 Å². The topological polar surface area (TPSA) is 75.6 Å². The van der Waals surface area contributed by atoms with Crippen molar-refractivity contribution in [2.24, 2.45) is 5.92 Å². The molecular formula is C14H25NO4. The highest BCUT2D eigenvalue weighted by Crippen LogP contribution is 2.16. The Kier molecular flexibility index (Phi) is 7.48. The van der Waals surface area contributed by atoms with Gasteiger partial charge in [0.15, 0.2) is 0 Å². The maximum Gasteiger partial charge on any atom is 0.303 e. The SMILES string of the molecule is CC(CCC(=O)O)CNC(=O)CCC1CCCCO1. The fraction of sp³-hybridized carbons (Fsp3) is 0.857. The van der Waals surface area contributed by atoms with Crippen molar-refractivity contribution in [2.45, 2.75) is 58.0 Å². The fourth-order valence-electron chi connectivity index (χ4n) is 2.18. The molecule has 1 amide bonds. The standard InChI is InChI=1S/C14H25NO4/c1-11(5-8-14(17)18)10-15-13(16)7-6-12-4-2-3-9-19-12/h11-12H,2-10H2,1H3,(H,15,16)(H,17,18). The normalized spacial score (nSPS) is 20.8. The van der Waals surface area contributed by atoms with Gasteiger partial charge in [-0.05, 0) is 38.0 Å². The number of hydrogen-bond acceptors (Lipinski definition) is 3. The van der Waals surface area contributed by atoms with Gasteiger partial charge in [-0.15, -0.1) is 0 Å². The molecule has 1 aliphatic heterocycles. The Bertz CT molecular complexity index is 287. The van der Waals surface area contributed by atoms with Crippen molar-refractivity contribution < 1.29 is 19.4 Å². The number of carboxylic acids is 1. The van der Waals surface area contributed by atoms with Crippen LogP contribution in [0.4, 0.5) is 0 Å². The van der Waals surface area contributed by atoms with Gasteiger partial charge in [-0.25, -0.2) is 0 Å². The number of ether oxygens (including phenoxy) is 1. The minimum absolute atomic E-state index is 0.0383. The van der Waals surface area contributed by atoms with Gasteiger partial charge in [0, 0.05) is 26.0 Å². The van der Waals surface area contributed by atoms with Gasteiger partial charge in [-0.2, -0.15) is 0 Å². The first kappa shape index (κ1) is 16.0. The summed E-state index contributed by atoms with van der Waals surface area (Å²) in [6.07, 6.45) is 5.66. The monoisotopic (exact) mass is 271 g/mol. The van der Waals surface area contributed by atoms with Crippen molar-refractivity contribution in [3.8, 4) is 0 Å². The summed E-state index contributed by atoms with van der Waals surface area (Å²) >= 11 is 0. The summed E-state index contributed by atoms with van der Waals surface area (Å²) in [5.41, 5.74) is 0. The number of carbonyl (C=O) groups is 2. The summed E-state index contributed by atoms with van der Waals surface area (Å²) in [4.78, 5) is 22.1. The molecule has 0 aromatic carbocycles. The highest BCUT2D eigenvalue weighted by Gasteiger charge is 2.15. The zero-order valence-electron chi connectivity index (χ0n) is 11.7. The number of hydrogen-bond donors (Lipinski definition) is 2. The Hall–Kier alpha value is -1.10. The first-order valence-electron chi connectivity index (χ1n) is 7.18. The molecule has 5 nitrogen and oxygen atoms in total.